The molecule has 1 aliphatic heterocycles. The van der Waals surface area contributed by atoms with Crippen LogP contribution in [0.5, 0.6) is 0 Å². The molecule has 0 bridgehead atoms. The lowest BCUT2D eigenvalue weighted by molar-refractivity contribution is -0.402. The third kappa shape index (κ3) is 3.15. The normalized spacial score (nSPS) is 19.4. The van der Waals surface area contributed by atoms with Crippen molar-refractivity contribution in [3.8, 4) is 0 Å². The maximum atomic E-state index is 12.3. The van der Waals surface area contributed by atoms with Crippen LogP contribution >= 0.6 is 15.9 Å². The molecule has 0 saturated carbocycles. The summed E-state index contributed by atoms with van der Waals surface area (Å²) in [6.45, 7) is 0.686. The maximum absolute atomic E-state index is 12.3. The molecule has 1 atom stereocenters. The number of likely N-dealkylation sites (tertiary alicyclic amines) is 1. The highest BCUT2D eigenvalue weighted by Crippen LogP contribution is 2.24. The van der Waals surface area contributed by atoms with E-state index in [0.717, 1.165) is 31.0 Å². The van der Waals surface area contributed by atoms with E-state index in [0.29, 0.717) is 6.54 Å². The third-order valence-corrected chi connectivity index (χ3v) is 3.77. The van der Waals surface area contributed by atoms with Gasteiger partial charge in [0, 0.05) is 17.9 Å². The highest BCUT2D eigenvalue weighted by atomic mass is 79.9. The number of furan rings is 1. The van der Waals surface area contributed by atoms with Crippen molar-refractivity contribution in [2.75, 3.05) is 11.9 Å². The van der Waals surface area contributed by atoms with Gasteiger partial charge in [-0.15, -0.1) is 0 Å². The SMILES string of the molecule is O=C(c1ccc([N+](=O)[O-])o1)N1CCCCC1CCBr. The number of alkyl halides is 1. The number of hydrogen-bond acceptors (Lipinski definition) is 4. The van der Waals surface area contributed by atoms with E-state index >= 15 is 0 Å². The number of nitrogens with zero attached hydrogens (tertiary/aromatic N) is 2. The molecule has 0 radical (unpaired) electrons. The van der Waals surface area contributed by atoms with Crippen LogP contribution in [0.15, 0.2) is 16.5 Å². The standard InChI is InChI=1S/C12H15BrN2O4/c13-7-6-9-3-1-2-8-14(9)12(16)10-4-5-11(19-10)15(17)18/h4-5,9H,1-3,6-8H2. The molecule has 0 aromatic carbocycles. The number of nitro groups is 1. The quantitative estimate of drug-likeness (QED) is 0.483. The van der Waals surface area contributed by atoms with E-state index in [2.05, 4.69) is 15.9 Å². The molecule has 104 valence electrons. The van der Waals surface area contributed by atoms with Crippen LogP contribution in [-0.2, 0) is 0 Å². The Balaban J connectivity index is 2.13. The Labute approximate surface area is 119 Å². The van der Waals surface area contributed by atoms with Gasteiger partial charge >= 0.3 is 5.88 Å². The second kappa shape index (κ2) is 6.18. The lowest BCUT2D eigenvalue weighted by Gasteiger charge is -2.34. The average molecular weight is 331 g/mol. The fourth-order valence-corrected chi connectivity index (χ4v) is 2.90. The molecule has 0 N–H and O–H groups in total. The summed E-state index contributed by atoms with van der Waals surface area (Å²) in [5.74, 6) is -0.593. The van der Waals surface area contributed by atoms with Crippen LogP contribution in [0.1, 0.15) is 36.2 Å². The average Bonchev–Trinajstić information content (AvgIpc) is 2.89. The maximum Gasteiger partial charge on any atom is 0.433 e. The molecule has 1 saturated heterocycles. The second-order valence-electron chi connectivity index (χ2n) is 4.52. The number of halogens is 1. The van der Waals surface area contributed by atoms with E-state index in [4.69, 9.17) is 4.42 Å². The van der Waals surface area contributed by atoms with Gasteiger partial charge in [-0.05, 0) is 31.7 Å². The Morgan fingerprint density at radius 2 is 2.32 bits per heavy atom. The molecule has 1 unspecified atom stereocenters. The molecular weight excluding hydrogens is 316 g/mol. The van der Waals surface area contributed by atoms with Crippen LogP contribution in [-0.4, -0.2) is 33.6 Å². The summed E-state index contributed by atoms with van der Waals surface area (Å²) in [6.07, 6.45) is 3.93. The Bertz CT molecular complexity index is 472. The molecule has 0 aliphatic carbocycles. The molecule has 2 heterocycles. The molecule has 19 heavy (non-hydrogen) atoms. The van der Waals surface area contributed by atoms with Crippen LogP contribution in [0.2, 0.25) is 0 Å². The molecule has 1 aliphatic rings. The Morgan fingerprint density at radius 1 is 1.53 bits per heavy atom. The Hall–Kier alpha value is -1.37. The van der Waals surface area contributed by atoms with E-state index in [1.807, 2.05) is 0 Å². The van der Waals surface area contributed by atoms with Crippen molar-refractivity contribution >= 4 is 27.7 Å². The number of piperidine rings is 1. The Kier molecular flexibility index (Phi) is 4.57. The molecule has 1 amide bonds. The first-order valence-electron chi connectivity index (χ1n) is 6.24. The summed E-state index contributed by atoms with van der Waals surface area (Å²) in [5, 5.41) is 11.4. The van der Waals surface area contributed by atoms with Gasteiger partial charge in [0.05, 0.1) is 6.07 Å². The monoisotopic (exact) mass is 330 g/mol. The molecule has 1 aromatic rings. The van der Waals surface area contributed by atoms with Crippen LogP contribution in [0.4, 0.5) is 5.88 Å². The van der Waals surface area contributed by atoms with E-state index in [9.17, 15) is 14.9 Å². The van der Waals surface area contributed by atoms with Crippen molar-refractivity contribution in [1.82, 2.24) is 4.90 Å². The fraction of sp³-hybridized carbons (Fsp3) is 0.583. The van der Waals surface area contributed by atoms with Gasteiger partial charge in [-0.1, -0.05) is 15.9 Å². The minimum absolute atomic E-state index is 0.0492. The summed E-state index contributed by atoms with van der Waals surface area (Å²) in [5.41, 5.74) is 0. The zero-order valence-corrected chi connectivity index (χ0v) is 12.0. The van der Waals surface area contributed by atoms with Gasteiger partial charge in [-0.3, -0.25) is 14.9 Å². The van der Waals surface area contributed by atoms with Gasteiger partial charge in [0.1, 0.15) is 4.92 Å². The van der Waals surface area contributed by atoms with Crippen molar-refractivity contribution in [2.45, 2.75) is 31.7 Å². The molecular formula is C12H15BrN2O4. The predicted octanol–water partition coefficient (Wildman–Crippen LogP) is 2.97. The number of rotatable bonds is 4. The smallest absolute Gasteiger partial charge is 0.395 e. The minimum atomic E-state index is -0.636. The highest BCUT2D eigenvalue weighted by Gasteiger charge is 2.29. The van der Waals surface area contributed by atoms with Crippen LogP contribution in [0.25, 0.3) is 0 Å². The summed E-state index contributed by atoms with van der Waals surface area (Å²) in [6, 6.07) is 2.78. The number of amides is 1. The topological polar surface area (TPSA) is 76.6 Å². The van der Waals surface area contributed by atoms with Gasteiger partial charge < -0.3 is 9.32 Å². The van der Waals surface area contributed by atoms with Gasteiger partial charge in [0.15, 0.2) is 5.76 Å². The number of hydrogen-bond donors (Lipinski definition) is 0. The summed E-state index contributed by atoms with van der Waals surface area (Å²) < 4.78 is 4.98. The molecule has 2 rings (SSSR count). The van der Waals surface area contributed by atoms with Crippen molar-refractivity contribution in [2.24, 2.45) is 0 Å². The largest absolute Gasteiger partial charge is 0.433 e. The zero-order valence-electron chi connectivity index (χ0n) is 10.4. The van der Waals surface area contributed by atoms with E-state index in [-0.39, 0.29) is 17.7 Å². The van der Waals surface area contributed by atoms with Crippen LogP contribution in [0.3, 0.4) is 0 Å². The lowest BCUT2D eigenvalue weighted by atomic mass is 10.00. The van der Waals surface area contributed by atoms with E-state index in [1.54, 1.807) is 4.90 Å². The molecule has 7 heteroatoms. The first-order chi connectivity index (χ1) is 9.13. The molecule has 1 aromatic heterocycles. The lowest BCUT2D eigenvalue weighted by Crippen LogP contribution is -2.43. The number of carbonyl (C=O) groups excluding carboxylic acids is 1. The van der Waals surface area contributed by atoms with Crippen molar-refractivity contribution in [3.63, 3.8) is 0 Å². The molecule has 1 fully saturated rings. The van der Waals surface area contributed by atoms with E-state index in [1.165, 1.54) is 12.1 Å². The third-order valence-electron chi connectivity index (χ3n) is 3.31. The van der Waals surface area contributed by atoms with Gasteiger partial charge in [0.2, 0.25) is 0 Å². The Morgan fingerprint density at radius 3 is 2.95 bits per heavy atom. The second-order valence-corrected chi connectivity index (χ2v) is 5.31. The fourth-order valence-electron chi connectivity index (χ4n) is 2.38. The van der Waals surface area contributed by atoms with Gasteiger partial charge in [-0.25, -0.2) is 0 Å². The first kappa shape index (κ1) is 14.0. The highest BCUT2D eigenvalue weighted by molar-refractivity contribution is 9.09. The first-order valence-corrected chi connectivity index (χ1v) is 7.37. The van der Waals surface area contributed by atoms with Gasteiger partial charge in [0.25, 0.3) is 5.91 Å². The summed E-state index contributed by atoms with van der Waals surface area (Å²) >= 11 is 3.39. The van der Waals surface area contributed by atoms with Crippen molar-refractivity contribution < 1.29 is 14.1 Å². The van der Waals surface area contributed by atoms with E-state index < -0.39 is 10.8 Å². The summed E-state index contributed by atoms with van der Waals surface area (Å²) in [4.78, 5) is 24.0. The predicted molar refractivity (Wildman–Crippen MR) is 72.4 cm³/mol. The number of carbonyl (C=O) groups is 1. The zero-order chi connectivity index (χ0) is 13.8. The van der Waals surface area contributed by atoms with Gasteiger partial charge in [-0.2, -0.15) is 0 Å². The van der Waals surface area contributed by atoms with Crippen molar-refractivity contribution in [3.05, 3.63) is 28.0 Å². The summed E-state index contributed by atoms with van der Waals surface area (Å²) in [7, 11) is 0. The molecule has 6 nitrogen and oxygen atoms in total. The van der Waals surface area contributed by atoms with Crippen LogP contribution < -0.4 is 0 Å². The van der Waals surface area contributed by atoms with Crippen LogP contribution in [0, 0.1) is 10.1 Å². The molecule has 0 spiro atoms. The minimum Gasteiger partial charge on any atom is -0.395 e. The van der Waals surface area contributed by atoms with Crippen molar-refractivity contribution in [1.29, 1.82) is 0 Å².